The summed E-state index contributed by atoms with van der Waals surface area (Å²) in [5.41, 5.74) is 3.36. The van der Waals surface area contributed by atoms with E-state index in [1.54, 1.807) is 6.08 Å². The number of hydrogen-bond acceptors (Lipinski definition) is 2. The fraction of sp³-hybridized carbons (Fsp3) is 0.273. The lowest BCUT2D eigenvalue weighted by atomic mass is 10.1. The summed E-state index contributed by atoms with van der Waals surface area (Å²) in [5.74, 6) is 7.01. The zero-order valence-corrected chi connectivity index (χ0v) is 14.4. The molecule has 0 amide bonds. The monoisotopic (exact) mass is 320 g/mol. The highest BCUT2D eigenvalue weighted by Gasteiger charge is 1.95. The predicted octanol–water partition coefficient (Wildman–Crippen LogP) is 5.66. The second-order valence-corrected chi connectivity index (χ2v) is 5.58. The summed E-state index contributed by atoms with van der Waals surface area (Å²) in [4.78, 5) is 9.95. The van der Waals surface area contributed by atoms with E-state index in [2.05, 4.69) is 43.0 Å². The molecule has 2 nitrogen and oxygen atoms in total. The number of aryl methyl sites for hydroxylation is 1. The van der Waals surface area contributed by atoms with Gasteiger partial charge in [-0.2, -0.15) is 0 Å². The van der Waals surface area contributed by atoms with Crippen molar-refractivity contribution in [2.75, 3.05) is 0 Å². The van der Waals surface area contributed by atoms with Crippen LogP contribution < -0.4 is 4.89 Å². The molecule has 0 radical (unpaired) electrons. The van der Waals surface area contributed by atoms with Crippen molar-refractivity contribution in [1.29, 1.82) is 0 Å². The van der Waals surface area contributed by atoms with Crippen LogP contribution in [0.1, 0.15) is 49.8 Å². The Balaban J connectivity index is 1.91. The van der Waals surface area contributed by atoms with Gasteiger partial charge in [0.15, 0.2) is 5.75 Å². The zero-order chi connectivity index (χ0) is 17.0. The average molecular weight is 320 g/mol. The fourth-order valence-electron chi connectivity index (χ4n) is 2.21. The Bertz CT molecular complexity index is 685. The molecule has 2 heteroatoms. The van der Waals surface area contributed by atoms with E-state index in [0.29, 0.717) is 5.75 Å². The van der Waals surface area contributed by atoms with E-state index < -0.39 is 0 Å². The molecule has 0 atom stereocenters. The van der Waals surface area contributed by atoms with Crippen LogP contribution in [0.4, 0.5) is 0 Å². The topological polar surface area (TPSA) is 18.5 Å². The van der Waals surface area contributed by atoms with E-state index >= 15 is 0 Å². The molecule has 0 N–H and O–H groups in total. The summed E-state index contributed by atoms with van der Waals surface area (Å²) in [7, 11) is 0. The third-order valence-electron chi connectivity index (χ3n) is 3.56. The second kappa shape index (κ2) is 10.2. The smallest absolute Gasteiger partial charge is 0.178 e. The molecule has 0 aliphatic heterocycles. The number of hydrogen-bond donors (Lipinski definition) is 0. The lowest BCUT2D eigenvalue weighted by molar-refractivity contribution is -0.149. The molecule has 0 unspecified atom stereocenters. The number of benzene rings is 2. The molecule has 124 valence electrons. The van der Waals surface area contributed by atoms with Crippen molar-refractivity contribution in [2.45, 2.75) is 39.5 Å². The molecule has 0 aromatic heterocycles. The van der Waals surface area contributed by atoms with Crippen LogP contribution >= 0.6 is 0 Å². The van der Waals surface area contributed by atoms with Gasteiger partial charge in [0.05, 0.1) is 0 Å². The van der Waals surface area contributed by atoms with E-state index in [0.717, 1.165) is 17.5 Å². The lowest BCUT2D eigenvalue weighted by Crippen LogP contribution is -1.89. The van der Waals surface area contributed by atoms with Gasteiger partial charge in [-0.05, 0) is 67.8 Å². The summed E-state index contributed by atoms with van der Waals surface area (Å²) in [5, 5.41) is 0. The Morgan fingerprint density at radius 1 is 0.875 bits per heavy atom. The molecule has 2 aromatic rings. The first-order valence-corrected chi connectivity index (χ1v) is 8.47. The average Bonchev–Trinajstić information content (AvgIpc) is 2.63. The van der Waals surface area contributed by atoms with Crippen molar-refractivity contribution in [3.8, 4) is 17.6 Å². The zero-order valence-electron chi connectivity index (χ0n) is 14.4. The van der Waals surface area contributed by atoms with Gasteiger partial charge in [-0.3, -0.25) is 9.78 Å². The SMILES string of the molecule is C/C=C\OOc1ccc(C#Cc2ccc(CCCCC)cc2)cc1. The highest BCUT2D eigenvalue weighted by atomic mass is 17.2. The maximum absolute atomic E-state index is 5.08. The number of unbranched alkanes of at least 4 members (excludes halogenated alkanes) is 2. The summed E-state index contributed by atoms with van der Waals surface area (Å²) in [6.07, 6.45) is 8.20. The van der Waals surface area contributed by atoms with Crippen molar-refractivity contribution in [3.63, 3.8) is 0 Å². The molecule has 0 aliphatic rings. The Morgan fingerprint density at radius 3 is 2.08 bits per heavy atom. The normalized spacial score (nSPS) is 10.2. The van der Waals surface area contributed by atoms with Crippen molar-refractivity contribution in [1.82, 2.24) is 0 Å². The predicted molar refractivity (Wildman–Crippen MR) is 98.6 cm³/mol. The molecule has 0 saturated carbocycles. The standard InChI is InChI=1S/C22H24O2/c1-3-5-6-7-19-8-10-20(11-9-19)12-13-21-14-16-22(17-15-21)24-23-18-4-2/h4,8-11,14-18H,3,5-7H2,1-2H3/b18-4-. The molecule has 0 saturated heterocycles. The van der Waals surface area contributed by atoms with Crippen LogP contribution in [0.15, 0.2) is 60.9 Å². The minimum atomic E-state index is 0.648. The van der Waals surface area contributed by atoms with Crippen LogP contribution in [0.25, 0.3) is 0 Å². The van der Waals surface area contributed by atoms with Crippen LogP contribution in [-0.2, 0) is 11.3 Å². The number of rotatable bonds is 7. The van der Waals surface area contributed by atoms with Gasteiger partial charge in [-0.25, -0.2) is 0 Å². The first-order valence-electron chi connectivity index (χ1n) is 8.47. The second-order valence-electron chi connectivity index (χ2n) is 5.58. The maximum Gasteiger partial charge on any atom is 0.178 e. The Hall–Kier alpha value is -2.66. The summed E-state index contributed by atoms with van der Waals surface area (Å²) in [6.45, 7) is 4.09. The van der Waals surface area contributed by atoms with Gasteiger partial charge in [-0.1, -0.05) is 43.7 Å². The van der Waals surface area contributed by atoms with Crippen LogP contribution in [0.2, 0.25) is 0 Å². The van der Waals surface area contributed by atoms with Gasteiger partial charge in [0, 0.05) is 11.1 Å². The van der Waals surface area contributed by atoms with Gasteiger partial charge in [0.1, 0.15) is 6.26 Å². The van der Waals surface area contributed by atoms with Crippen molar-refractivity contribution in [2.24, 2.45) is 0 Å². The summed E-state index contributed by atoms with van der Waals surface area (Å²) >= 11 is 0. The highest BCUT2D eigenvalue weighted by Crippen LogP contribution is 2.12. The van der Waals surface area contributed by atoms with E-state index in [-0.39, 0.29) is 0 Å². The van der Waals surface area contributed by atoms with E-state index in [1.807, 2.05) is 31.2 Å². The van der Waals surface area contributed by atoms with Gasteiger partial charge in [0.2, 0.25) is 0 Å². The Labute approximate surface area is 145 Å². The summed E-state index contributed by atoms with van der Waals surface area (Å²) in [6, 6.07) is 16.0. The van der Waals surface area contributed by atoms with Crippen molar-refractivity contribution < 1.29 is 9.78 Å². The molecular formula is C22H24O2. The molecule has 0 spiro atoms. The van der Waals surface area contributed by atoms with Gasteiger partial charge < -0.3 is 0 Å². The first kappa shape index (κ1) is 17.7. The molecule has 0 heterocycles. The highest BCUT2D eigenvalue weighted by molar-refractivity contribution is 5.44. The molecule has 2 rings (SSSR count). The molecule has 0 bridgehead atoms. The molecular weight excluding hydrogens is 296 g/mol. The van der Waals surface area contributed by atoms with Gasteiger partial charge in [0.25, 0.3) is 0 Å². The Kier molecular flexibility index (Phi) is 7.50. The lowest BCUT2D eigenvalue weighted by Gasteiger charge is -2.01. The largest absolute Gasteiger partial charge is 0.298 e. The third kappa shape index (κ3) is 6.22. The molecule has 2 aromatic carbocycles. The van der Waals surface area contributed by atoms with Crippen molar-refractivity contribution >= 4 is 0 Å². The molecule has 24 heavy (non-hydrogen) atoms. The number of allylic oxidation sites excluding steroid dienone is 1. The van der Waals surface area contributed by atoms with E-state index in [4.69, 9.17) is 9.78 Å². The van der Waals surface area contributed by atoms with Gasteiger partial charge in [-0.15, -0.1) is 0 Å². The third-order valence-corrected chi connectivity index (χ3v) is 3.56. The first-order chi connectivity index (χ1) is 11.8. The Morgan fingerprint density at radius 2 is 1.50 bits per heavy atom. The van der Waals surface area contributed by atoms with Crippen molar-refractivity contribution in [3.05, 3.63) is 77.6 Å². The van der Waals surface area contributed by atoms with Crippen LogP contribution in [0.3, 0.4) is 0 Å². The fourth-order valence-corrected chi connectivity index (χ4v) is 2.21. The van der Waals surface area contributed by atoms with Gasteiger partial charge >= 0.3 is 0 Å². The minimum Gasteiger partial charge on any atom is -0.298 e. The summed E-state index contributed by atoms with van der Waals surface area (Å²) < 4.78 is 0. The molecule has 0 fully saturated rings. The molecule has 0 aliphatic carbocycles. The van der Waals surface area contributed by atoms with Crippen LogP contribution in [0.5, 0.6) is 5.75 Å². The maximum atomic E-state index is 5.08. The minimum absolute atomic E-state index is 0.648. The van der Waals surface area contributed by atoms with Crippen LogP contribution in [-0.4, -0.2) is 0 Å². The van der Waals surface area contributed by atoms with Crippen LogP contribution in [0, 0.1) is 11.8 Å². The quantitative estimate of drug-likeness (QED) is 0.215. The van der Waals surface area contributed by atoms with E-state index in [9.17, 15) is 0 Å². The van der Waals surface area contributed by atoms with E-state index in [1.165, 1.54) is 31.1 Å².